The Morgan fingerprint density at radius 2 is 1.89 bits per heavy atom. The van der Waals surface area contributed by atoms with Gasteiger partial charge in [-0.3, -0.25) is 4.79 Å². The zero-order chi connectivity index (χ0) is 19.1. The molecule has 2 heterocycles. The minimum absolute atomic E-state index is 0.0183. The number of amides is 1. The molecule has 1 amide bonds. The maximum atomic E-state index is 13.2. The smallest absolute Gasteiger partial charge is 0.270 e. The van der Waals surface area contributed by atoms with Crippen LogP contribution in [0.15, 0.2) is 36.4 Å². The van der Waals surface area contributed by atoms with Crippen LogP contribution in [0.3, 0.4) is 0 Å². The first-order valence-electron chi connectivity index (χ1n) is 8.86. The minimum Gasteiger partial charge on any atom is -0.493 e. The van der Waals surface area contributed by atoms with Crippen molar-refractivity contribution in [3.05, 3.63) is 58.2 Å². The number of ether oxygens (including phenoxy) is 2. The number of halogens is 1. The Labute approximate surface area is 162 Å². The van der Waals surface area contributed by atoms with Crippen LogP contribution in [-0.4, -0.2) is 36.6 Å². The lowest BCUT2D eigenvalue weighted by atomic mass is 9.92. The Morgan fingerprint density at radius 1 is 1.15 bits per heavy atom. The molecule has 1 aliphatic heterocycles. The maximum absolute atomic E-state index is 13.2. The van der Waals surface area contributed by atoms with E-state index in [9.17, 15) is 4.79 Å². The normalized spacial score (nSPS) is 16.3. The molecule has 1 unspecified atom stereocenters. The van der Waals surface area contributed by atoms with Gasteiger partial charge in [0, 0.05) is 22.5 Å². The average Bonchev–Trinajstić information content (AvgIpc) is 3.10. The summed E-state index contributed by atoms with van der Waals surface area (Å²) in [4.78, 5) is 18.3. The highest BCUT2D eigenvalue weighted by Crippen LogP contribution is 2.38. The minimum atomic E-state index is -0.0592. The summed E-state index contributed by atoms with van der Waals surface area (Å²) in [5.41, 5.74) is 3.75. The highest BCUT2D eigenvalue weighted by molar-refractivity contribution is 6.31. The third kappa shape index (κ3) is 3.02. The van der Waals surface area contributed by atoms with E-state index < -0.39 is 0 Å². The van der Waals surface area contributed by atoms with Crippen LogP contribution in [0.5, 0.6) is 11.5 Å². The van der Waals surface area contributed by atoms with E-state index in [-0.39, 0.29) is 11.9 Å². The fourth-order valence-electron chi connectivity index (χ4n) is 3.80. The van der Waals surface area contributed by atoms with E-state index in [2.05, 4.69) is 4.98 Å². The summed E-state index contributed by atoms with van der Waals surface area (Å²) in [7, 11) is 3.25. The van der Waals surface area contributed by atoms with Crippen LogP contribution in [0.25, 0.3) is 10.9 Å². The molecule has 140 valence electrons. The van der Waals surface area contributed by atoms with E-state index in [4.69, 9.17) is 21.1 Å². The Kier molecular flexibility index (Phi) is 4.48. The third-order valence-corrected chi connectivity index (χ3v) is 5.49. The summed E-state index contributed by atoms with van der Waals surface area (Å²) in [6.45, 7) is 2.69. The van der Waals surface area contributed by atoms with Crippen molar-refractivity contribution in [1.82, 2.24) is 9.88 Å². The zero-order valence-corrected chi connectivity index (χ0v) is 16.3. The molecule has 0 bridgehead atoms. The van der Waals surface area contributed by atoms with Crippen LogP contribution in [0, 0.1) is 0 Å². The molecule has 0 spiro atoms. The summed E-state index contributed by atoms with van der Waals surface area (Å²) >= 11 is 6.06. The van der Waals surface area contributed by atoms with Gasteiger partial charge in [0.2, 0.25) is 0 Å². The second kappa shape index (κ2) is 6.82. The number of fused-ring (bicyclic) bond motifs is 2. The summed E-state index contributed by atoms with van der Waals surface area (Å²) in [5.74, 6) is 1.38. The SMILES string of the molecule is COc1cc2c(cc1OC)C(C)N(C(=O)c1cc3cc(Cl)ccc3[nH]1)CC2. The zero-order valence-electron chi connectivity index (χ0n) is 15.5. The van der Waals surface area contributed by atoms with Crippen molar-refractivity contribution in [3.8, 4) is 11.5 Å². The van der Waals surface area contributed by atoms with Crippen LogP contribution >= 0.6 is 11.6 Å². The van der Waals surface area contributed by atoms with Crippen molar-refractivity contribution >= 4 is 28.4 Å². The van der Waals surface area contributed by atoms with Gasteiger partial charge in [-0.1, -0.05) is 11.6 Å². The molecule has 6 heteroatoms. The Balaban J connectivity index is 1.67. The average molecular weight is 385 g/mol. The van der Waals surface area contributed by atoms with Gasteiger partial charge in [-0.2, -0.15) is 0 Å². The standard InChI is InChI=1S/C21H21ClN2O3/c1-12-16-11-20(27-3)19(26-2)10-13(16)6-7-24(12)21(25)18-9-14-8-15(22)4-5-17(14)23-18/h4-5,8-12,23H,6-7H2,1-3H3. The molecule has 1 atom stereocenters. The quantitative estimate of drug-likeness (QED) is 0.718. The van der Waals surface area contributed by atoms with Crippen molar-refractivity contribution in [3.63, 3.8) is 0 Å². The number of H-pyrrole nitrogens is 1. The molecule has 2 aromatic carbocycles. The van der Waals surface area contributed by atoms with E-state index in [0.717, 1.165) is 28.6 Å². The first-order chi connectivity index (χ1) is 13.0. The third-order valence-electron chi connectivity index (χ3n) is 5.26. The van der Waals surface area contributed by atoms with E-state index in [1.165, 1.54) is 5.56 Å². The van der Waals surface area contributed by atoms with Gasteiger partial charge >= 0.3 is 0 Å². The lowest BCUT2D eigenvalue weighted by Crippen LogP contribution is -2.39. The van der Waals surface area contributed by atoms with Crippen LogP contribution < -0.4 is 9.47 Å². The number of nitrogens with zero attached hydrogens (tertiary/aromatic N) is 1. The lowest BCUT2D eigenvalue weighted by Gasteiger charge is -2.35. The second-order valence-electron chi connectivity index (χ2n) is 6.75. The van der Waals surface area contributed by atoms with Gasteiger partial charge in [0.15, 0.2) is 11.5 Å². The molecular formula is C21H21ClN2O3. The van der Waals surface area contributed by atoms with Crippen molar-refractivity contribution in [2.75, 3.05) is 20.8 Å². The number of carbonyl (C=O) groups excluding carboxylic acids is 1. The predicted octanol–water partition coefficient (Wildman–Crippen LogP) is 4.60. The highest BCUT2D eigenvalue weighted by atomic mass is 35.5. The van der Waals surface area contributed by atoms with Crippen molar-refractivity contribution in [2.24, 2.45) is 0 Å². The molecular weight excluding hydrogens is 364 g/mol. The highest BCUT2D eigenvalue weighted by Gasteiger charge is 2.30. The number of methoxy groups -OCH3 is 2. The monoisotopic (exact) mass is 384 g/mol. The molecule has 0 aliphatic carbocycles. The lowest BCUT2D eigenvalue weighted by molar-refractivity contribution is 0.0672. The Hall–Kier alpha value is -2.66. The number of hydrogen-bond donors (Lipinski definition) is 1. The largest absolute Gasteiger partial charge is 0.493 e. The van der Waals surface area contributed by atoms with Crippen LogP contribution in [0.4, 0.5) is 0 Å². The van der Waals surface area contributed by atoms with Crippen molar-refractivity contribution in [1.29, 1.82) is 0 Å². The number of benzene rings is 2. The van der Waals surface area contributed by atoms with Gasteiger partial charge < -0.3 is 19.4 Å². The number of hydrogen-bond acceptors (Lipinski definition) is 3. The van der Waals surface area contributed by atoms with E-state index in [1.54, 1.807) is 14.2 Å². The first kappa shape index (κ1) is 17.7. The molecule has 0 saturated heterocycles. The van der Waals surface area contributed by atoms with Crippen molar-refractivity contribution in [2.45, 2.75) is 19.4 Å². The molecule has 1 aliphatic rings. The van der Waals surface area contributed by atoms with Crippen LogP contribution in [0.1, 0.15) is 34.6 Å². The van der Waals surface area contributed by atoms with Gasteiger partial charge in [-0.05, 0) is 60.9 Å². The van der Waals surface area contributed by atoms with E-state index >= 15 is 0 Å². The molecule has 3 aromatic rings. The molecule has 27 heavy (non-hydrogen) atoms. The molecule has 1 aromatic heterocycles. The summed E-state index contributed by atoms with van der Waals surface area (Å²) in [6, 6.07) is 11.3. The predicted molar refractivity (Wildman–Crippen MR) is 106 cm³/mol. The van der Waals surface area contributed by atoms with Gasteiger partial charge in [0.1, 0.15) is 5.69 Å². The topological polar surface area (TPSA) is 54.6 Å². The van der Waals surface area contributed by atoms with Gasteiger partial charge in [-0.25, -0.2) is 0 Å². The van der Waals surface area contributed by atoms with Crippen molar-refractivity contribution < 1.29 is 14.3 Å². The fourth-order valence-corrected chi connectivity index (χ4v) is 3.98. The maximum Gasteiger partial charge on any atom is 0.270 e. The molecule has 1 N–H and O–H groups in total. The Bertz CT molecular complexity index is 1030. The molecule has 5 nitrogen and oxygen atoms in total. The number of carbonyl (C=O) groups is 1. The molecule has 0 fully saturated rings. The van der Waals surface area contributed by atoms with E-state index in [0.29, 0.717) is 23.0 Å². The van der Waals surface area contributed by atoms with Gasteiger partial charge in [0.25, 0.3) is 5.91 Å². The Morgan fingerprint density at radius 3 is 2.63 bits per heavy atom. The summed E-state index contributed by atoms with van der Waals surface area (Å²) < 4.78 is 10.8. The number of aromatic nitrogens is 1. The summed E-state index contributed by atoms with van der Waals surface area (Å²) in [5, 5.41) is 1.59. The van der Waals surface area contributed by atoms with Crippen LogP contribution in [-0.2, 0) is 6.42 Å². The summed E-state index contributed by atoms with van der Waals surface area (Å²) in [6.07, 6.45) is 0.776. The second-order valence-corrected chi connectivity index (χ2v) is 7.18. The van der Waals surface area contributed by atoms with Gasteiger partial charge in [-0.15, -0.1) is 0 Å². The fraction of sp³-hybridized carbons (Fsp3) is 0.286. The number of nitrogens with one attached hydrogen (secondary N) is 1. The number of rotatable bonds is 3. The number of aromatic amines is 1. The first-order valence-corrected chi connectivity index (χ1v) is 9.23. The molecule has 0 radical (unpaired) electrons. The molecule has 0 saturated carbocycles. The molecule has 4 rings (SSSR count). The van der Waals surface area contributed by atoms with E-state index in [1.807, 2.05) is 48.2 Å². The van der Waals surface area contributed by atoms with Gasteiger partial charge in [0.05, 0.1) is 20.3 Å². The van der Waals surface area contributed by atoms with Crippen LogP contribution in [0.2, 0.25) is 5.02 Å².